The van der Waals surface area contributed by atoms with E-state index in [-0.39, 0.29) is 5.91 Å². The molecular formula is C31H35N3O3S. The number of rotatable bonds is 12. The molecule has 0 saturated heterocycles. The summed E-state index contributed by atoms with van der Waals surface area (Å²) in [7, 11) is 3.35. The second kappa shape index (κ2) is 13.2. The summed E-state index contributed by atoms with van der Waals surface area (Å²) in [5, 5.41) is 4.03. The number of benzene rings is 3. The van der Waals surface area contributed by atoms with E-state index in [2.05, 4.69) is 41.1 Å². The number of imidazole rings is 1. The quantitative estimate of drug-likeness (QED) is 0.160. The Labute approximate surface area is 229 Å². The van der Waals surface area contributed by atoms with Crippen LogP contribution in [0.25, 0.3) is 22.5 Å². The Balaban J connectivity index is 1.55. The second-order valence-electron chi connectivity index (χ2n) is 8.97. The van der Waals surface area contributed by atoms with Gasteiger partial charge in [0, 0.05) is 35.5 Å². The van der Waals surface area contributed by atoms with E-state index in [0.29, 0.717) is 6.54 Å². The van der Waals surface area contributed by atoms with E-state index < -0.39 is 0 Å². The molecule has 1 amide bonds. The zero-order valence-electron chi connectivity index (χ0n) is 22.5. The number of nitrogens with zero attached hydrogens (tertiary/aromatic N) is 2. The van der Waals surface area contributed by atoms with Crippen LogP contribution in [0.5, 0.6) is 11.5 Å². The highest BCUT2D eigenvalue weighted by atomic mass is 32.2. The van der Waals surface area contributed by atoms with Crippen molar-refractivity contribution in [2.75, 3.05) is 26.5 Å². The van der Waals surface area contributed by atoms with Gasteiger partial charge in [0.25, 0.3) is 5.91 Å². The number of amides is 1. The summed E-state index contributed by atoms with van der Waals surface area (Å²) in [4.78, 5) is 17.7. The van der Waals surface area contributed by atoms with Crippen LogP contribution in [-0.2, 0) is 6.54 Å². The minimum atomic E-state index is -0.0239. The van der Waals surface area contributed by atoms with Gasteiger partial charge in [-0.15, -0.1) is 0 Å². The zero-order chi connectivity index (χ0) is 26.9. The molecule has 38 heavy (non-hydrogen) atoms. The molecule has 1 N–H and O–H groups in total. The molecule has 0 fully saturated rings. The number of aryl methyl sites for hydroxylation is 1. The SMILES string of the molecule is CCCn1c(SCCCNC(=O)c2ccccc2C)nc(-c2ccc(OC)cc2)c1-c1ccc(OC)cc1. The molecule has 0 aliphatic heterocycles. The molecule has 0 spiro atoms. The summed E-state index contributed by atoms with van der Waals surface area (Å²) in [5.74, 6) is 2.46. The molecule has 0 aliphatic rings. The van der Waals surface area contributed by atoms with Gasteiger partial charge in [-0.25, -0.2) is 4.98 Å². The Morgan fingerprint density at radius 1 is 0.921 bits per heavy atom. The fourth-order valence-electron chi connectivity index (χ4n) is 4.33. The predicted octanol–water partition coefficient (Wildman–Crippen LogP) is 6.86. The van der Waals surface area contributed by atoms with E-state index >= 15 is 0 Å². The van der Waals surface area contributed by atoms with Crippen LogP contribution in [0.15, 0.2) is 78.0 Å². The van der Waals surface area contributed by atoms with Crippen molar-refractivity contribution in [2.45, 2.75) is 38.4 Å². The number of methoxy groups -OCH3 is 2. The first kappa shape index (κ1) is 27.3. The average Bonchev–Trinajstić information content (AvgIpc) is 3.31. The van der Waals surface area contributed by atoms with Crippen molar-refractivity contribution < 1.29 is 14.3 Å². The molecule has 1 aromatic heterocycles. The first-order chi connectivity index (χ1) is 18.5. The molecule has 0 radical (unpaired) electrons. The summed E-state index contributed by atoms with van der Waals surface area (Å²) in [5.41, 5.74) is 5.88. The van der Waals surface area contributed by atoms with Gasteiger partial charge in [0.05, 0.1) is 25.6 Å². The number of ether oxygens (including phenoxy) is 2. The molecule has 0 saturated carbocycles. The van der Waals surface area contributed by atoms with Crippen LogP contribution < -0.4 is 14.8 Å². The van der Waals surface area contributed by atoms with E-state index in [1.807, 2.05) is 55.5 Å². The fourth-order valence-corrected chi connectivity index (χ4v) is 5.29. The molecule has 3 aromatic carbocycles. The minimum absolute atomic E-state index is 0.0239. The van der Waals surface area contributed by atoms with Crippen molar-refractivity contribution in [2.24, 2.45) is 0 Å². The van der Waals surface area contributed by atoms with Gasteiger partial charge in [0.1, 0.15) is 11.5 Å². The number of carbonyl (C=O) groups excluding carboxylic acids is 1. The van der Waals surface area contributed by atoms with E-state index in [4.69, 9.17) is 14.5 Å². The lowest BCUT2D eigenvalue weighted by molar-refractivity contribution is 0.0953. The molecule has 4 aromatic rings. The standard InChI is InChI=1S/C31H35N3O3S/c1-5-20-34-29(24-13-17-26(37-4)18-14-24)28(23-11-15-25(36-3)16-12-23)33-31(34)38-21-8-19-32-30(35)27-10-7-6-9-22(27)2/h6-7,9-18H,5,8,19-21H2,1-4H3,(H,32,35). The van der Waals surface area contributed by atoms with E-state index in [9.17, 15) is 4.79 Å². The molecular weight excluding hydrogens is 494 g/mol. The zero-order valence-corrected chi connectivity index (χ0v) is 23.3. The molecule has 4 rings (SSSR count). The molecule has 198 valence electrons. The van der Waals surface area contributed by atoms with E-state index in [1.54, 1.807) is 26.0 Å². The predicted molar refractivity (Wildman–Crippen MR) is 155 cm³/mol. The second-order valence-corrected chi connectivity index (χ2v) is 10.0. The molecule has 0 aliphatic carbocycles. The number of aromatic nitrogens is 2. The smallest absolute Gasteiger partial charge is 0.251 e. The first-order valence-corrected chi connectivity index (χ1v) is 13.9. The van der Waals surface area contributed by atoms with Gasteiger partial charge in [-0.1, -0.05) is 36.9 Å². The summed E-state index contributed by atoms with van der Waals surface area (Å²) in [6.07, 6.45) is 1.83. The molecule has 7 heteroatoms. The van der Waals surface area contributed by atoms with Crippen LogP contribution in [0.4, 0.5) is 0 Å². The Kier molecular flexibility index (Phi) is 9.49. The maximum absolute atomic E-state index is 12.5. The summed E-state index contributed by atoms with van der Waals surface area (Å²) >= 11 is 1.73. The van der Waals surface area contributed by atoms with Crippen LogP contribution in [-0.4, -0.2) is 42.0 Å². The van der Waals surface area contributed by atoms with E-state index in [0.717, 1.165) is 75.4 Å². The maximum Gasteiger partial charge on any atom is 0.251 e. The summed E-state index contributed by atoms with van der Waals surface area (Å²) < 4.78 is 13.1. The van der Waals surface area contributed by atoms with Gasteiger partial charge in [-0.3, -0.25) is 4.79 Å². The lowest BCUT2D eigenvalue weighted by Gasteiger charge is -2.13. The number of carbonyl (C=O) groups is 1. The molecule has 0 unspecified atom stereocenters. The van der Waals surface area contributed by atoms with Crippen LogP contribution in [0.2, 0.25) is 0 Å². The Morgan fingerprint density at radius 3 is 2.16 bits per heavy atom. The van der Waals surface area contributed by atoms with Crippen molar-refractivity contribution in [1.29, 1.82) is 0 Å². The lowest BCUT2D eigenvalue weighted by atomic mass is 10.0. The summed E-state index contributed by atoms with van der Waals surface area (Å²) in [6.45, 7) is 5.61. The lowest BCUT2D eigenvalue weighted by Crippen LogP contribution is -2.25. The molecule has 0 bridgehead atoms. The normalized spacial score (nSPS) is 10.8. The van der Waals surface area contributed by atoms with Crippen molar-refractivity contribution in [1.82, 2.24) is 14.9 Å². The third-order valence-electron chi connectivity index (χ3n) is 6.33. The molecule has 1 heterocycles. The Bertz CT molecular complexity index is 1350. The number of hydrogen-bond acceptors (Lipinski definition) is 5. The third kappa shape index (κ3) is 6.40. The number of hydrogen-bond donors (Lipinski definition) is 1. The Morgan fingerprint density at radius 2 is 1.55 bits per heavy atom. The van der Waals surface area contributed by atoms with Crippen LogP contribution in [0.1, 0.15) is 35.7 Å². The highest BCUT2D eigenvalue weighted by molar-refractivity contribution is 7.99. The average molecular weight is 530 g/mol. The first-order valence-electron chi connectivity index (χ1n) is 12.9. The highest BCUT2D eigenvalue weighted by Gasteiger charge is 2.20. The number of thioether (sulfide) groups is 1. The van der Waals surface area contributed by atoms with Gasteiger partial charge in [0.15, 0.2) is 5.16 Å². The van der Waals surface area contributed by atoms with Gasteiger partial charge >= 0.3 is 0 Å². The van der Waals surface area contributed by atoms with Crippen molar-refractivity contribution in [3.63, 3.8) is 0 Å². The maximum atomic E-state index is 12.5. The molecule has 0 atom stereocenters. The topological polar surface area (TPSA) is 65.4 Å². The summed E-state index contributed by atoms with van der Waals surface area (Å²) in [6, 6.07) is 23.9. The van der Waals surface area contributed by atoms with E-state index in [1.165, 1.54) is 0 Å². The third-order valence-corrected chi connectivity index (χ3v) is 7.40. The largest absolute Gasteiger partial charge is 0.497 e. The van der Waals surface area contributed by atoms with Gasteiger partial charge in [0.2, 0.25) is 0 Å². The highest BCUT2D eigenvalue weighted by Crippen LogP contribution is 2.37. The van der Waals surface area contributed by atoms with Crippen LogP contribution >= 0.6 is 11.8 Å². The van der Waals surface area contributed by atoms with Crippen molar-refractivity contribution in [3.8, 4) is 34.0 Å². The Hall–Kier alpha value is -3.71. The van der Waals surface area contributed by atoms with Crippen LogP contribution in [0.3, 0.4) is 0 Å². The van der Waals surface area contributed by atoms with Gasteiger partial charge in [-0.05, 0) is 79.9 Å². The van der Waals surface area contributed by atoms with Crippen LogP contribution in [0, 0.1) is 6.92 Å². The number of nitrogens with one attached hydrogen (secondary N) is 1. The van der Waals surface area contributed by atoms with Gasteiger partial charge in [-0.2, -0.15) is 0 Å². The van der Waals surface area contributed by atoms with Crippen molar-refractivity contribution >= 4 is 17.7 Å². The monoisotopic (exact) mass is 529 g/mol. The van der Waals surface area contributed by atoms with Crippen molar-refractivity contribution in [3.05, 3.63) is 83.9 Å². The molecule has 6 nitrogen and oxygen atoms in total. The fraction of sp³-hybridized carbons (Fsp3) is 0.290. The van der Waals surface area contributed by atoms with Gasteiger partial charge < -0.3 is 19.4 Å². The minimum Gasteiger partial charge on any atom is -0.497 e.